The van der Waals surface area contributed by atoms with Gasteiger partial charge < -0.3 is 79.7 Å². The summed E-state index contributed by atoms with van der Waals surface area (Å²) in [6, 6.07) is 3.43. The molecule has 0 aliphatic carbocycles. The van der Waals surface area contributed by atoms with Crippen molar-refractivity contribution in [3.05, 3.63) is 34.4 Å². The molecule has 46 heavy (non-hydrogen) atoms. The zero-order valence-corrected chi connectivity index (χ0v) is 24.2. The number of carbonyl (C=O) groups is 1. The van der Waals surface area contributed by atoms with Gasteiger partial charge in [-0.1, -0.05) is 0 Å². The molecule has 1 aromatic carbocycles. The number of nitro groups is 1. The summed E-state index contributed by atoms with van der Waals surface area (Å²) in [5, 5.41) is 106. The molecule has 0 unspecified atom stereocenters. The SMILES string of the molecule is CC(=O)N[C@H]1[C@H](Oc2ccc([N+](=O)[O-])cc2)O[C@H](CO)[C@@H](O[C@@H]2O[C@H](CO)[C@H](O[C@@H]3O[C@H](CO)[C@H](O)[C@H](O)[C@H]3O)[C@H](O)[C@H]2O)[C@@H]1O. The van der Waals surface area contributed by atoms with Crippen LogP contribution in [-0.2, 0) is 28.5 Å². The van der Waals surface area contributed by atoms with Crippen LogP contribution in [0.4, 0.5) is 5.69 Å². The topological polar surface area (TPSA) is 310 Å². The van der Waals surface area contributed by atoms with Gasteiger partial charge in [0, 0.05) is 19.1 Å². The van der Waals surface area contributed by atoms with Crippen molar-refractivity contribution < 1.29 is 84.1 Å². The molecule has 3 aliphatic rings. The molecule has 1 amide bonds. The number of ether oxygens (including phenoxy) is 6. The highest BCUT2D eigenvalue weighted by Crippen LogP contribution is 2.33. The summed E-state index contributed by atoms with van der Waals surface area (Å²) >= 11 is 0. The van der Waals surface area contributed by atoms with Gasteiger partial charge in [0.1, 0.15) is 78.9 Å². The largest absolute Gasteiger partial charge is 0.463 e. The average Bonchev–Trinajstić information content (AvgIpc) is 3.03. The zero-order chi connectivity index (χ0) is 33.9. The van der Waals surface area contributed by atoms with Crippen LogP contribution in [0, 0.1) is 10.1 Å². The van der Waals surface area contributed by atoms with Gasteiger partial charge in [-0.15, -0.1) is 0 Å². The quantitative estimate of drug-likeness (QED) is 0.0778. The average molecular weight is 667 g/mol. The van der Waals surface area contributed by atoms with Gasteiger partial charge in [-0.05, 0) is 12.1 Å². The Balaban J connectivity index is 1.49. The molecule has 3 heterocycles. The van der Waals surface area contributed by atoms with Crippen molar-refractivity contribution in [1.29, 1.82) is 0 Å². The summed E-state index contributed by atoms with van der Waals surface area (Å²) in [4.78, 5) is 22.3. The first kappa shape index (κ1) is 36.2. The van der Waals surface area contributed by atoms with E-state index in [-0.39, 0.29) is 11.4 Å². The fourth-order valence-electron chi connectivity index (χ4n) is 5.33. The minimum Gasteiger partial charge on any atom is -0.463 e. The Morgan fingerprint density at radius 1 is 0.739 bits per heavy atom. The van der Waals surface area contributed by atoms with E-state index in [9.17, 15) is 60.9 Å². The monoisotopic (exact) mass is 666 g/mol. The maximum absolute atomic E-state index is 12.0. The molecule has 15 atom stereocenters. The molecule has 3 aliphatic heterocycles. The van der Waals surface area contributed by atoms with Crippen LogP contribution < -0.4 is 10.1 Å². The predicted octanol–water partition coefficient (Wildman–Crippen LogP) is -5.43. The molecule has 1 aromatic rings. The third kappa shape index (κ3) is 7.72. The van der Waals surface area contributed by atoms with Crippen molar-refractivity contribution in [2.45, 2.75) is 99.0 Å². The maximum Gasteiger partial charge on any atom is 0.269 e. The van der Waals surface area contributed by atoms with E-state index in [2.05, 4.69) is 5.32 Å². The number of benzene rings is 1. The summed E-state index contributed by atoms with van der Waals surface area (Å²) in [7, 11) is 0. The number of aliphatic hydroxyl groups is 9. The molecular formula is C26H38N2O18. The van der Waals surface area contributed by atoms with Crippen LogP contribution in [0.15, 0.2) is 24.3 Å². The first-order chi connectivity index (χ1) is 21.8. The van der Waals surface area contributed by atoms with Crippen molar-refractivity contribution in [1.82, 2.24) is 5.32 Å². The standard InChI is InChI=1S/C26H38N2O18/c1-9(32)27-15-17(34)22(13(7-30)43-24(15)41-11-4-2-10(3-5-11)28(39)40)45-26-21(38)19(36)23(14(8-31)44-26)46-25-20(37)18(35)16(33)12(6-29)42-25/h2-5,12-26,29-31,33-38H,6-8H2,1H3,(H,27,32)/t12-,13-,14-,15-,16+,17-,18+,19-,20-,21-,22-,23+,24-,25+,26+/m1/s1. The maximum atomic E-state index is 12.0. The first-order valence-corrected chi connectivity index (χ1v) is 14.2. The second kappa shape index (κ2) is 15.5. The lowest BCUT2D eigenvalue weighted by molar-refractivity contribution is -0.384. The lowest BCUT2D eigenvalue weighted by Crippen LogP contribution is -2.68. The third-order valence-corrected chi connectivity index (χ3v) is 7.77. The van der Waals surface area contributed by atoms with E-state index >= 15 is 0 Å². The number of aliphatic hydroxyl groups excluding tert-OH is 9. The van der Waals surface area contributed by atoms with Gasteiger partial charge in [0.15, 0.2) is 12.6 Å². The van der Waals surface area contributed by atoms with E-state index in [1.165, 1.54) is 12.1 Å². The van der Waals surface area contributed by atoms with Crippen LogP contribution in [0.5, 0.6) is 5.75 Å². The Kier molecular flexibility index (Phi) is 12.2. The highest BCUT2D eigenvalue weighted by atomic mass is 16.8. The Morgan fingerprint density at radius 2 is 1.22 bits per heavy atom. The van der Waals surface area contributed by atoms with Gasteiger partial charge in [0.2, 0.25) is 12.2 Å². The van der Waals surface area contributed by atoms with Crippen molar-refractivity contribution in [2.24, 2.45) is 0 Å². The predicted molar refractivity (Wildman–Crippen MR) is 144 cm³/mol. The van der Waals surface area contributed by atoms with Crippen LogP contribution >= 0.6 is 0 Å². The second-order valence-electron chi connectivity index (χ2n) is 10.9. The van der Waals surface area contributed by atoms with Crippen LogP contribution in [0.2, 0.25) is 0 Å². The number of amides is 1. The third-order valence-electron chi connectivity index (χ3n) is 7.77. The highest BCUT2D eigenvalue weighted by molar-refractivity contribution is 5.73. The number of hydrogen-bond acceptors (Lipinski definition) is 18. The van der Waals surface area contributed by atoms with Gasteiger partial charge in [0.05, 0.1) is 24.7 Å². The minimum absolute atomic E-state index is 0.0552. The first-order valence-electron chi connectivity index (χ1n) is 14.2. The minimum atomic E-state index is -1.97. The van der Waals surface area contributed by atoms with Gasteiger partial charge in [-0.3, -0.25) is 14.9 Å². The van der Waals surface area contributed by atoms with Gasteiger partial charge in [0.25, 0.3) is 5.69 Å². The van der Waals surface area contributed by atoms with E-state index in [0.717, 1.165) is 19.1 Å². The highest BCUT2D eigenvalue weighted by Gasteiger charge is 2.54. The molecule has 3 saturated heterocycles. The van der Waals surface area contributed by atoms with Crippen LogP contribution in [0.1, 0.15) is 6.92 Å². The molecule has 0 saturated carbocycles. The normalized spacial score (nSPS) is 41.5. The van der Waals surface area contributed by atoms with Crippen molar-refractivity contribution >= 4 is 11.6 Å². The van der Waals surface area contributed by atoms with Crippen LogP contribution in [-0.4, -0.2) is 169 Å². The molecule has 0 aromatic heterocycles. The number of nitrogens with one attached hydrogen (secondary N) is 1. The Morgan fingerprint density at radius 3 is 1.72 bits per heavy atom. The number of carbonyl (C=O) groups excluding carboxylic acids is 1. The van der Waals surface area contributed by atoms with Crippen molar-refractivity contribution in [3.63, 3.8) is 0 Å². The van der Waals surface area contributed by atoms with E-state index in [4.69, 9.17) is 28.4 Å². The van der Waals surface area contributed by atoms with Crippen molar-refractivity contribution in [2.75, 3.05) is 19.8 Å². The fourth-order valence-corrected chi connectivity index (χ4v) is 5.33. The summed E-state index contributed by atoms with van der Waals surface area (Å²) < 4.78 is 33.6. The van der Waals surface area contributed by atoms with E-state index in [1.807, 2.05) is 0 Å². The van der Waals surface area contributed by atoms with E-state index in [1.54, 1.807) is 0 Å². The summed E-state index contributed by atoms with van der Waals surface area (Å²) in [5.74, 6) is -0.580. The molecule has 0 spiro atoms. The smallest absolute Gasteiger partial charge is 0.269 e. The molecule has 0 bridgehead atoms. The Hall–Kier alpha value is -2.67. The number of rotatable bonds is 11. The summed E-state index contributed by atoms with van der Waals surface area (Å²) in [6.45, 7) is -1.30. The molecule has 260 valence electrons. The lowest BCUT2D eigenvalue weighted by Gasteiger charge is -2.48. The lowest BCUT2D eigenvalue weighted by atomic mass is 9.95. The van der Waals surface area contributed by atoms with Gasteiger partial charge in [-0.25, -0.2) is 0 Å². The number of non-ortho nitro benzene ring substituents is 1. The fraction of sp³-hybridized carbons (Fsp3) is 0.731. The summed E-state index contributed by atoms with van der Waals surface area (Å²) in [5.41, 5.74) is -0.229. The van der Waals surface area contributed by atoms with Crippen molar-refractivity contribution in [3.8, 4) is 5.75 Å². The molecule has 20 heteroatoms. The van der Waals surface area contributed by atoms with E-state index < -0.39 is 123 Å². The molecule has 0 radical (unpaired) electrons. The molecule has 4 rings (SSSR count). The van der Waals surface area contributed by atoms with Gasteiger partial charge >= 0.3 is 0 Å². The van der Waals surface area contributed by atoms with Crippen LogP contribution in [0.3, 0.4) is 0 Å². The Bertz CT molecular complexity index is 1160. The van der Waals surface area contributed by atoms with Crippen LogP contribution in [0.25, 0.3) is 0 Å². The molecular weight excluding hydrogens is 628 g/mol. The second-order valence-corrected chi connectivity index (χ2v) is 10.9. The molecule has 3 fully saturated rings. The summed E-state index contributed by atoms with van der Waals surface area (Å²) in [6.07, 6.45) is -23.5. The number of nitro benzene ring substituents is 1. The zero-order valence-electron chi connectivity index (χ0n) is 24.2. The molecule has 10 N–H and O–H groups in total. The number of nitrogens with zero attached hydrogens (tertiary/aromatic N) is 1. The number of hydrogen-bond donors (Lipinski definition) is 10. The van der Waals surface area contributed by atoms with Gasteiger partial charge in [-0.2, -0.15) is 0 Å². The molecule has 20 nitrogen and oxygen atoms in total. The Labute approximate surface area is 260 Å². The van der Waals surface area contributed by atoms with E-state index in [0.29, 0.717) is 0 Å².